The van der Waals surface area contributed by atoms with Gasteiger partial charge < -0.3 is 21.9 Å². The second kappa shape index (κ2) is 9.49. The van der Waals surface area contributed by atoms with Gasteiger partial charge in [-0.15, -0.1) is 0 Å². The molecule has 0 unspecified atom stereocenters. The second-order valence-corrected chi connectivity index (χ2v) is 6.23. The van der Waals surface area contributed by atoms with Crippen molar-refractivity contribution < 1.29 is 19.5 Å². The summed E-state index contributed by atoms with van der Waals surface area (Å²) in [4.78, 5) is 34.4. The monoisotopic (exact) mass is 369 g/mol. The highest BCUT2D eigenvalue weighted by molar-refractivity contribution is 5.91. The maximum atomic E-state index is 11.6. The Labute approximate surface area is 157 Å². The first-order valence-corrected chi connectivity index (χ1v) is 8.56. The van der Waals surface area contributed by atoms with Crippen molar-refractivity contribution in [3.05, 3.63) is 70.3 Å². The Bertz CT molecular complexity index is 835. The first kappa shape index (κ1) is 20.1. The Morgan fingerprint density at radius 1 is 0.889 bits per heavy atom. The van der Waals surface area contributed by atoms with Crippen LogP contribution in [-0.4, -0.2) is 29.4 Å². The van der Waals surface area contributed by atoms with E-state index < -0.39 is 17.8 Å². The lowest BCUT2D eigenvalue weighted by Crippen LogP contribution is -2.23. The van der Waals surface area contributed by atoms with E-state index in [1.165, 1.54) is 12.1 Å². The maximum absolute atomic E-state index is 11.6. The summed E-state index contributed by atoms with van der Waals surface area (Å²) in [5.74, 6) is -2.25. The van der Waals surface area contributed by atoms with Gasteiger partial charge in [0.1, 0.15) is 0 Å². The molecular formula is C20H23N3O4. The van der Waals surface area contributed by atoms with E-state index in [1.54, 1.807) is 0 Å². The standard InChI is InChI=1S/C20H23N3O4/c21-18(24)10-14-6-7-16(20(26)27)15(17(14)11-19(22)25)8-9-23-12-13-4-2-1-3-5-13/h1-7,23H,8-12H2,(H2,21,24)(H2,22,25)(H,26,27). The number of hydrogen-bond acceptors (Lipinski definition) is 4. The van der Waals surface area contributed by atoms with E-state index in [9.17, 15) is 19.5 Å². The number of benzene rings is 2. The molecule has 0 atom stereocenters. The van der Waals surface area contributed by atoms with Gasteiger partial charge in [0.15, 0.2) is 0 Å². The minimum absolute atomic E-state index is 0.0764. The highest BCUT2D eigenvalue weighted by atomic mass is 16.4. The van der Waals surface area contributed by atoms with E-state index in [1.807, 2.05) is 30.3 Å². The highest BCUT2D eigenvalue weighted by Crippen LogP contribution is 2.22. The van der Waals surface area contributed by atoms with Gasteiger partial charge in [-0.2, -0.15) is 0 Å². The van der Waals surface area contributed by atoms with Crippen LogP contribution in [0.5, 0.6) is 0 Å². The Hall–Kier alpha value is -3.19. The summed E-state index contributed by atoms with van der Waals surface area (Å²) >= 11 is 0. The lowest BCUT2D eigenvalue weighted by atomic mass is 9.90. The van der Waals surface area contributed by atoms with E-state index in [2.05, 4.69) is 5.32 Å². The van der Waals surface area contributed by atoms with Gasteiger partial charge >= 0.3 is 5.97 Å². The number of rotatable bonds is 10. The zero-order chi connectivity index (χ0) is 19.8. The van der Waals surface area contributed by atoms with Crippen LogP contribution in [0.1, 0.15) is 32.6 Å². The fraction of sp³-hybridized carbons (Fsp3) is 0.250. The zero-order valence-corrected chi connectivity index (χ0v) is 14.9. The fourth-order valence-electron chi connectivity index (χ4n) is 3.02. The molecule has 0 saturated carbocycles. The predicted molar refractivity (Wildman–Crippen MR) is 101 cm³/mol. The predicted octanol–water partition coefficient (Wildman–Crippen LogP) is 0.773. The molecule has 27 heavy (non-hydrogen) atoms. The molecule has 6 N–H and O–H groups in total. The Balaban J connectivity index is 2.25. The Morgan fingerprint density at radius 2 is 1.56 bits per heavy atom. The SMILES string of the molecule is NC(=O)Cc1ccc(C(=O)O)c(CCNCc2ccccc2)c1CC(N)=O. The third-order valence-electron chi connectivity index (χ3n) is 4.20. The minimum atomic E-state index is -1.09. The molecule has 2 rings (SSSR count). The van der Waals surface area contributed by atoms with Crippen LogP contribution in [0, 0.1) is 0 Å². The molecule has 0 aliphatic carbocycles. The van der Waals surface area contributed by atoms with Gasteiger partial charge in [0, 0.05) is 6.54 Å². The molecule has 0 aromatic heterocycles. The van der Waals surface area contributed by atoms with E-state index in [-0.39, 0.29) is 18.4 Å². The third kappa shape index (κ3) is 5.93. The Kier molecular flexibility index (Phi) is 7.08. The number of amides is 2. The molecule has 0 spiro atoms. The maximum Gasteiger partial charge on any atom is 0.335 e. The van der Waals surface area contributed by atoms with Crippen molar-refractivity contribution in [3.63, 3.8) is 0 Å². The van der Waals surface area contributed by atoms with Gasteiger partial charge in [-0.3, -0.25) is 9.59 Å². The molecule has 7 heteroatoms. The number of carbonyl (C=O) groups is 3. The molecule has 0 aliphatic heterocycles. The van der Waals surface area contributed by atoms with Crippen molar-refractivity contribution >= 4 is 17.8 Å². The van der Waals surface area contributed by atoms with Crippen LogP contribution in [-0.2, 0) is 35.4 Å². The molecule has 0 heterocycles. The number of nitrogens with two attached hydrogens (primary N) is 2. The summed E-state index contributed by atoms with van der Waals surface area (Å²) in [6, 6.07) is 12.8. The zero-order valence-electron chi connectivity index (χ0n) is 14.9. The van der Waals surface area contributed by atoms with Crippen molar-refractivity contribution in [2.45, 2.75) is 25.8 Å². The minimum Gasteiger partial charge on any atom is -0.478 e. The van der Waals surface area contributed by atoms with Gasteiger partial charge in [-0.25, -0.2) is 4.79 Å². The van der Waals surface area contributed by atoms with E-state index >= 15 is 0 Å². The molecule has 2 aromatic carbocycles. The number of primary amides is 2. The van der Waals surface area contributed by atoms with Crippen molar-refractivity contribution in [1.29, 1.82) is 0 Å². The van der Waals surface area contributed by atoms with Crippen molar-refractivity contribution in [2.24, 2.45) is 11.5 Å². The van der Waals surface area contributed by atoms with Crippen molar-refractivity contribution in [1.82, 2.24) is 5.32 Å². The normalized spacial score (nSPS) is 10.5. The first-order chi connectivity index (χ1) is 12.9. The van der Waals surface area contributed by atoms with Crippen molar-refractivity contribution in [3.8, 4) is 0 Å². The van der Waals surface area contributed by atoms with Gasteiger partial charge in [0.05, 0.1) is 18.4 Å². The summed E-state index contributed by atoms with van der Waals surface area (Å²) in [5, 5.41) is 12.8. The summed E-state index contributed by atoms with van der Waals surface area (Å²) in [7, 11) is 0. The van der Waals surface area contributed by atoms with Crippen LogP contribution in [0.15, 0.2) is 42.5 Å². The average molecular weight is 369 g/mol. The van der Waals surface area contributed by atoms with Crippen LogP contribution in [0.2, 0.25) is 0 Å². The largest absolute Gasteiger partial charge is 0.478 e. The summed E-state index contributed by atoms with van der Waals surface area (Å²) in [5.41, 5.74) is 13.3. The Morgan fingerprint density at radius 3 is 2.15 bits per heavy atom. The highest BCUT2D eigenvalue weighted by Gasteiger charge is 2.19. The van der Waals surface area contributed by atoms with Crippen LogP contribution in [0.3, 0.4) is 0 Å². The van der Waals surface area contributed by atoms with E-state index in [4.69, 9.17) is 11.5 Å². The lowest BCUT2D eigenvalue weighted by Gasteiger charge is -2.16. The van der Waals surface area contributed by atoms with Gasteiger partial charge in [0.2, 0.25) is 11.8 Å². The molecule has 0 aliphatic rings. The summed E-state index contributed by atoms with van der Waals surface area (Å²) in [6.07, 6.45) is 0.161. The van der Waals surface area contributed by atoms with Crippen LogP contribution < -0.4 is 16.8 Å². The molecule has 2 aromatic rings. The lowest BCUT2D eigenvalue weighted by molar-refractivity contribution is -0.118. The number of hydrogen-bond donors (Lipinski definition) is 4. The van der Waals surface area contributed by atoms with Gasteiger partial charge in [-0.05, 0) is 41.3 Å². The molecule has 0 saturated heterocycles. The molecule has 142 valence electrons. The van der Waals surface area contributed by atoms with E-state index in [0.29, 0.717) is 36.2 Å². The van der Waals surface area contributed by atoms with Crippen LogP contribution in [0.25, 0.3) is 0 Å². The topological polar surface area (TPSA) is 136 Å². The average Bonchev–Trinajstić information content (AvgIpc) is 2.60. The molecular weight excluding hydrogens is 346 g/mol. The molecule has 7 nitrogen and oxygen atoms in total. The molecule has 0 bridgehead atoms. The smallest absolute Gasteiger partial charge is 0.335 e. The quantitative estimate of drug-likeness (QED) is 0.459. The first-order valence-electron chi connectivity index (χ1n) is 8.56. The molecule has 0 radical (unpaired) electrons. The number of carboxylic acids is 1. The molecule has 2 amide bonds. The van der Waals surface area contributed by atoms with Crippen LogP contribution >= 0.6 is 0 Å². The van der Waals surface area contributed by atoms with Crippen molar-refractivity contribution in [2.75, 3.05) is 6.54 Å². The number of nitrogens with one attached hydrogen (secondary N) is 1. The molecule has 0 fully saturated rings. The summed E-state index contributed by atoms with van der Waals surface area (Å²) in [6.45, 7) is 1.14. The number of carboxylic acid groups (broad SMARTS) is 1. The third-order valence-corrected chi connectivity index (χ3v) is 4.20. The number of carbonyl (C=O) groups excluding carboxylic acids is 2. The van der Waals surface area contributed by atoms with E-state index in [0.717, 1.165) is 5.56 Å². The number of aromatic carboxylic acids is 1. The second-order valence-electron chi connectivity index (χ2n) is 6.23. The fourth-order valence-corrected chi connectivity index (χ4v) is 3.02. The van der Waals surface area contributed by atoms with Gasteiger partial charge in [0.25, 0.3) is 0 Å². The van der Waals surface area contributed by atoms with Crippen LogP contribution in [0.4, 0.5) is 0 Å². The summed E-state index contributed by atoms with van der Waals surface area (Å²) < 4.78 is 0. The van der Waals surface area contributed by atoms with Gasteiger partial charge in [-0.1, -0.05) is 36.4 Å².